The Balaban J connectivity index is 1.83. The molecule has 1 saturated heterocycles. The molecule has 10 nitrogen and oxygen atoms in total. The van der Waals surface area contributed by atoms with E-state index < -0.39 is 57.2 Å². The third-order valence-electron chi connectivity index (χ3n) is 6.17. The fraction of sp³-hybridized carbons (Fsp3) is 0.500. The molecule has 0 N–H and O–H groups in total. The molecule has 2 aromatic rings. The van der Waals surface area contributed by atoms with E-state index in [-0.39, 0.29) is 9.79 Å². The molecule has 0 amide bonds. The van der Waals surface area contributed by atoms with Crippen molar-refractivity contribution < 1.29 is 44.1 Å². The monoisotopic (exact) mass is 544 g/mol. The first-order valence-electron chi connectivity index (χ1n) is 11.1. The van der Waals surface area contributed by atoms with Crippen molar-refractivity contribution in [1.82, 2.24) is 0 Å². The number of methoxy groups -OCH3 is 2. The van der Waals surface area contributed by atoms with Crippen LogP contribution in [0.15, 0.2) is 58.3 Å². The quantitative estimate of drug-likeness (QED) is 0.412. The topological polar surface area (TPSA) is 124 Å². The fourth-order valence-corrected chi connectivity index (χ4v) is 5.39. The molecule has 4 atom stereocenters. The summed E-state index contributed by atoms with van der Waals surface area (Å²) < 4.78 is 84.5. The van der Waals surface area contributed by atoms with Crippen LogP contribution in [0.25, 0.3) is 0 Å². The molecule has 0 saturated carbocycles. The highest BCUT2D eigenvalue weighted by Gasteiger charge is 2.57. The Bertz CT molecular complexity index is 1140. The standard InChI is InChI=1S/C24H32O10S2/c1-17-7-11-19(12-8-17)35(25,26)31-15-21-22(34-24(4,30-6)23(3,29-5)33-21)16-32-36(27,28)20-13-9-18(2)10-14-20/h7-14,21-22H,15-16H2,1-6H3/t21-,22-,23+,24+/m0/s1. The molecule has 1 aliphatic heterocycles. The molecule has 0 radical (unpaired) electrons. The molecule has 0 bridgehead atoms. The van der Waals surface area contributed by atoms with Gasteiger partial charge in [0.05, 0.1) is 23.0 Å². The maximum absolute atomic E-state index is 12.7. The zero-order chi connectivity index (χ0) is 26.8. The Morgan fingerprint density at radius 1 is 0.667 bits per heavy atom. The predicted octanol–water partition coefficient (Wildman–Crippen LogP) is 2.92. The van der Waals surface area contributed by atoms with Crippen LogP contribution in [0.2, 0.25) is 0 Å². The van der Waals surface area contributed by atoms with Crippen molar-refractivity contribution in [2.45, 2.75) is 61.3 Å². The normalized spacial score (nSPS) is 27.2. The first-order chi connectivity index (χ1) is 16.7. The van der Waals surface area contributed by atoms with Crippen molar-refractivity contribution in [3.63, 3.8) is 0 Å². The summed E-state index contributed by atoms with van der Waals surface area (Å²) in [6.07, 6.45) is -2.18. The van der Waals surface area contributed by atoms with Crippen LogP contribution in [0.1, 0.15) is 25.0 Å². The van der Waals surface area contributed by atoms with Gasteiger partial charge in [0.25, 0.3) is 20.2 Å². The van der Waals surface area contributed by atoms with Crippen molar-refractivity contribution in [2.24, 2.45) is 0 Å². The zero-order valence-electron chi connectivity index (χ0n) is 21.1. The molecule has 2 aromatic carbocycles. The lowest BCUT2D eigenvalue weighted by molar-refractivity contribution is -0.450. The van der Waals surface area contributed by atoms with E-state index in [2.05, 4.69) is 0 Å². The smallest absolute Gasteiger partial charge is 0.297 e. The van der Waals surface area contributed by atoms with Crippen LogP contribution < -0.4 is 0 Å². The molecular formula is C24H32O10S2. The molecule has 0 aromatic heterocycles. The van der Waals surface area contributed by atoms with Crippen molar-refractivity contribution in [3.05, 3.63) is 59.7 Å². The third kappa shape index (κ3) is 6.14. The maximum Gasteiger partial charge on any atom is 0.297 e. The van der Waals surface area contributed by atoms with E-state index in [0.717, 1.165) is 11.1 Å². The van der Waals surface area contributed by atoms with E-state index in [9.17, 15) is 16.8 Å². The molecule has 1 fully saturated rings. The van der Waals surface area contributed by atoms with Gasteiger partial charge in [-0.3, -0.25) is 8.37 Å². The van der Waals surface area contributed by atoms with Crippen LogP contribution in [0, 0.1) is 13.8 Å². The highest BCUT2D eigenvalue weighted by atomic mass is 32.2. The van der Waals surface area contributed by atoms with E-state index in [1.54, 1.807) is 38.1 Å². The van der Waals surface area contributed by atoms with Gasteiger partial charge in [-0.25, -0.2) is 0 Å². The molecule has 1 aliphatic rings. The highest BCUT2D eigenvalue weighted by Crippen LogP contribution is 2.39. The van der Waals surface area contributed by atoms with Crippen molar-refractivity contribution in [3.8, 4) is 0 Å². The summed E-state index contributed by atoms with van der Waals surface area (Å²) in [5.41, 5.74) is 1.78. The molecule has 0 spiro atoms. The van der Waals surface area contributed by atoms with Gasteiger partial charge in [-0.15, -0.1) is 0 Å². The SMILES string of the molecule is CO[C@]1(C)O[C@@H](COS(=O)(=O)c2ccc(C)cc2)[C@H](COS(=O)(=O)c2ccc(C)cc2)O[C@@]1(C)OC. The van der Waals surface area contributed by atoms with Crippen LogP contribution in [0.4, 0.5) is 0 Å². The molecule has 36 heavy (non-hydrogen) atoms. The first-order valence-corrected chi connectivity index (χ1v) is 13.9. The van der Waals surface area contributed by atoms with Gasteiger partial charge in [0.15, 0.2) is 0 Å². The minimum absolute atomic E-state index is 0.0317. The summed E-state index contributed by atoms with van der Waals surface area (Å²) in [5.74, 6) is -2.95. The summed E-state index contributed by atoms with van der Waals surface area (Å²) in [7, 11) is -5.52. The van der Waals surface area contributed by atoms with E-state index in [1.165, 1.54) is 38.5 Å². The lowest BCUT2D eigenvalue weighted by Gasteiger charge is -2.51. The van der Waals surface area contributed by atoms with E-state index in [4.69, 9.17) is 27.3 Å². The number of aryl methyl sites for hydroxylation is 2. The maximum atomic E-state index is 12.7. The Labute approximate surface area is 212 Å². The molecular weight excluding hydrogens is 512 g/mol. The van der Waals surface area contributed by atoms with Gasteiger partial charge in [0.2, 0.25) is 11.6 Å². The first kappa shape index (κ1) is 28.7. The highest BCUT2D eigenvalue weighted by molar-refractivity contribution is 7.87. The summed E-state index contributed by atoms with van der Waals surface area (Å²) >= 11 is 0. The van der Waals surface area contributed by atoms with E-state index in [1.807, 2.05) is 13.8 Å². The fourth-order valence-electron chi connectivity index (χ4n) is 3.55. The Morgan fingerprint density at radius 3 is 1.25 bits per heavy atom. The average molecular weight is 545 g/mol. The van der Waals surface area contributed by atoms with Crippen LogP contribution in [-0.2, 0) is 47.5 Å². The summed E-state index contributed by atoms with van der Waals surface area (Å²) in [6, 6.07) is 12.3. The predicted molar refractivity (Wildman–Crippen MR) is 129 cm³/mol. The second-order valence-corrected chi connectivity index (χ2v) is 11.9. The molecule has 12 heteroatoms. The Hall–Kier alpha value is -1.90. The lowest BCUT2D eigenvalue weighted by Crippen LogP contribution is -2.66. The molecule has 200 valence electrons. The zero-order valence-corrected chi connectivity index (χ0v) is 22.7. The lowest BCUT2D eigenvalue weighted by atomic mass is 10.0. The molecule has 0 aliphatic carbocycles. The number of hydrogen-bond donors (Lipinski definition) is 0. The van der Waals surface area contributed by atoms with Gasteiger partial charge in [-0.2, -0.15) is 16.8 Å². The van der Waals surface area contributed by atoms with Crippen LogP contribution in [0.5, 0.6) is 0 Å². The summed E-state index contributed by atoms with van der Waals surface area (Å²) in [5, 5.41) is 0. The van der Waals surface area contributed by atoms with E-state index >= 15 is 0 Å². The summed E-state index contributed by atoms with van der Waals surface area (Å²) in [4.78, 5) is -0.0633. The van der Waals surface area contributed by atoms with Crippen molar-refractivity contribution in [2.75, 3.05) is 27.4 Å². The third-order valence-corrected chi connectivity index (χ3v) is 8.76. The van der Waals surface area contributed by atoms with Gasteiger partial charge in [-0.1, -0.05) is 35.4 Å². The second kappa shape index (κ2) is 10.8. The second-order valence-electron chi connectivity index (χ2n) is 8.72. The number of rotatable bonds is 10. The summed E-state index contributed by atoms with van der Waals surface area (Å²) in [6.45, 7) is 5.79. The Morgan fingerprint density at radius 2 is 0.972 bits per heavy atom. The minimum Gasteiger partial charge on any atom is -0.349 e. The van der Waals surface area contributed by atoms with Gasteiger partial charge >= 0.3 is 0 Å². The average Bonchev–Trinajstić information content (AvgIpc) is 2.84. The number of ether oxygens (including phenoxy) is 4. The van der Waals surface area contributed by atoms with Gasteiger partial charge in [0.1, 0.15) is 12.2 Å². The van der Waals surface area contributed by atoms with Crippen molar-refractivity contribution in [1.29, 1.82) is 0 Å². The largest absolute Gasteiger partial charge is 0.349 e. The van der Waals surface area contributed by atoms with Crippen LogP contribution >= 0.6 is 0 Å². The van der Waals surface area contributed by atoms with Gasteiger partial charge < -0.3 is 18.9 Å². The number of hydrogen-bond acceptors (Lipinski definition) is 10. The molecule has 3 rings (SSSR count). The number of benzene rings is 2. The molecule has 0 unspecified atom stereocenters. The van der Waals surface area contributed by atoms with E-state index in [0.29, 0.717) is 0 Å². The molecule has 1 heterocycles. The van der Waals surface area contributed by atoms with Gasteiger partial charge in [0, 0.05) is 14.2 Å². The van der Waals surface area contributed by atoms with Crippen LogP contribution in [0.3, 0.4) is 0 Å². The van der Waals surface area contributed by atoms with Gasteiger partial charge in [-0.05, 0) is 52.0 Å². The Kier molecular flexibility index (Phi) is 8.63. The van der Waals surface area contributed by atoms with Crippen molar-refractivity contribution >= 4 is 20.2 Å². The minimum atomic E-state index is -4.14. The van der Waals surface area contributed by atoms with Crippen LogP contribution in [-0.4, -0.2) is 68.1 Å².